The minimum Gasteiger partial charge on any atom is -0.444 e. The summed E-state index contributed by atoms with van der Waals surface area (Å²) in [4.78, 5) is 13.1. The maximum absolute atomic E-state index is 11.8. The van der Waals surface area contributed by atoms with E-state index in [1.165, 1.54) is 17.7 Å². The van der Waals surface area contributed by atoms with Crippen molar-refractivity contribution in [3.63, 3.8) is 0 Å². The van der Waals surface area contributed by atoms with Crippen LogP contribution in [0.4, 0.5) is 4.79 Å². The van der Waals surface area contributed by atoms with Gasteiger partial charge in [-0.3, -0.25) is 0 Å². The third-order valence-electron chi connectivity index (χ3n) is 4.00. The van der Waals surface area contributed by atoms with Gasteiger partial charge in [0.2, 0.25) is 0 Å². The van der Waals surface area contributed by atoms with Crippen LogP contribution in [0.1, 0.15) is 57.9 Å². The predicted octanol–water partition coefficient (Wildman–Crippen LogP) is 4.09. The molecule has 0 aromatic carbocycles. The van der Waals surface area contributed by atoms with Crippen molar-refractivity contribution in [1.29, 1.82) is 0 Å². The first kappa shape index (κ1) is 17.3. The molecule has 0 spiro atoms. The van der Waals surface area contributed by atoms with E-state index >= 15 is 0 Å². The second-order valence-electron chi connectivity index (χ2n) is 7.08. The van der Waals surface area contributed by atoms with Crippen LogP contribution in [-0.2, 0) is 4.74 Å². The maximum Gasteiger partial charge on any atom is 0.407 e. The average molecular weight is 324 g/mol. The highest BCUT2D eigenvalue weighted by atomic mass is 32.1. The van der Waals surface area contributed by atoms with E-state index in [9.17, 15) is 4.79 Å². The highest BCUT2D eigenvalue weighted by Crippen LogP contribution is 2.28. The van der Waals surface area contributed by atoms with E-state index in [4.69, 9.17) is 4.74 Å². The Kier molecular flexibility index (Phi) is 5.87. The van der Waals surface area contributed by atoms with Gasteiger partial charge in [0.15, 0.2) is 0 Å². The molecule has 1 aromatic heterocycles. The van der Waals surface area contributed by atoms with Crippen LogP contribution in [0.25, 0.3) is 0 Å². The maximum atomic E-state index is 11.8. The van der Waals surface area contributed by atoms with Crippen LogP contribution >= 0.6 is 11.3 Å². The highest BCUT2D eigenvalue weighted by molar-refractivity contribution is 7.10. The number of rotatable bonds is 5. The van der Waals surface area contributed by atoms with Crippen molar-refractivity contribution in [3.05, 3.63) is 22.4 Å². The van der Waals surface area contributed by atoms with E-state index in [1.54, 1.807) is 11.3 Å². The predicted molar refractivity (Wildman–Crippen MR) is 91.2 cm³/mol. The number of ether oxygens (including phenoxy) is 1. The van der Waals surface area contributed by atoms with E-state index in [-0.39, 0.29) is 6.09 Å². The molecule has 0 saturated heterocycles. The van der Waals surface area contributed by atoms with Gasteiger partial charge in [0.05, 0.1) is 0 Å². The molecule has 1 aromatic rings. The number of carbonyl (C=O) groups is 1. The van der Waals surface area contributed by atoms with Gasteiger partial charge >= 0.3 is 6.09 Å². The Morgan fingerprint density at radius 2 is 2.23 bits per heavy atom. The molecule has 4 nitrogen and oxygen atoms in total. The summed E-state index contributed by atoms with van der Waals surface area (Å²) >= 11 is 1.79. The first-order valence-electron chi connectivity index (χ1n) is 8.11. The lowest BCUT2D eigenvalue weighted by Gasteiger charge is -2.26. The number of carbonyl (C=O) groups excluding carboxylic acids is 1. The normalized spacial score (nSPS) is 23.3. The first-order valence-corrected chi connectivity index (χ1v) is 8.99. The molecule has 0 radical (unpaired) electrons. The molecule has 1 amide bonds. The number of alkyl carbamates (subject to hydrolysis) is 1. The molecular formula is C17H28N2O2S. The standard InChI is InChI=1S/C17H28N2O2S/c1-12(15-9-6-10-22-15)19-14-8-5-7-13(14)11-18-16(20)21-17(2,3)4/h6,9-10,12-14,19H,5,7-8,11H2,1-4H3,(H,18,20)/t12-,13?,14?/m1/s1. The summed E-state index contributed by atoms with van der Waals surface area (Å²) in [6.07, 6.45) is 3.24. The largest absolute Gasteiger partial charge is 0.444 e. The van der Waals surface area contributed by atoms with Crippen molar-refractivity contribution in [2.75, 3.05) is 6.54 Å². The van der Waals surface area contributed by atoms with Crippen molar-refractivity contribution in [1.82, 2.24) is 10.6 Å². The second-order valence-corrected chi connectivity index (χ2v) is 8.06. The van der Waals surface area contributed by atoms with E-state index in [0.29, 0.717) is 24.5 Å². The molecule has 0 bridgehead atoms. The molecular weight excluding hydrogens is 296 g/mol. The third-order valence-corrected chi connectivity index (χ3v) is 5.06. The van der Waals surface area contributed by atoms with Gasteiger partial charge in [-0.05, 0) is 57.9 Å². The molecule has 1 saturated carbocycles. The fourth-order valence-electron chi connectivity index (χ4n) is 2.97. The molecule has 5 heteroatoms. The molecule has 2 unspecified atom stereocenters. The summed E-state index contributed by atoms with van der Waals surface area (Å²) in [5.41, 5.74) is -0.439. The molecule has 3 atom stereocenters. The van der Waals surface area contributed by atoms with Crippen LogP contribution in [0.5, 0.6) is 0 Å². The molecule has 22 heavy (non-hydrogen) atoms. The second kappa shape index (κ2) is 7.47. The van der Waals surface area contributed by atoms with Gasteiger partial charge in [-0.1, -0.05) is 12.5 Å². The quantitative estimate of drug-likeness (QED) is 0.857. The van der Waals surface area contributed by atoms with Crippen LogP contribution in [-0.4, -0.2) is 24.3 Å². The van der Waals surface area contributed by atoms with Crippen molar-refractivity contribution in [2.24, 2.45) is 5.92 Å². The Bertz CT molecular complexity index is 468. The lowest BCUT2D eigenvalue weighted by atomic mass is 10.0. The van der Waals surface area contributed by atoms with Gasteiger partial charge in [0.25, 0.3) is 0 Å². The minimum atomic E-state index is -0.439. The average Bonchev–Trinajstić information content (AvgIpc) is 3.05. The van der Waals surface area contributed by atoms with E-state index in [0.717, 1.165) is 6.42 Å². The zero-order valence-electron chi connectivity index (χ0n) is 14.0. The topological polar surface area (TPSA) is 50.4 Å². The van der Waals surface area contributed by atoms with Crippen LogP contribution < -0.4 is 10.6 Å². The van der Waals surface area contributed by atoms with Gasteiger partial charge < -0.3 is 15.4 Å². The first-order chi connectivity index (χ1) is 10.3. The molecule has 124 valence electrons. The van der Waals surface area contributed by atoms with Gasteiger partial charge in [0, 0.05) is 23.5 Å². The van der Waals surface area contributed by atoms with Crippen LogP contribution in [0.15, 0.2) is 17.5 Å². The summed E-state index contributed by atoms with van der Waals surface area (Å²) in [5, 5.41) is 8.76. The van der Waals surface area contributed by atoms with E-state index in [1.807, 2.05) is 20.8 Å². The minimum absolute atomic E-state index is 0.315. The summed E-state index contributed by atoms with van der Waals surface area (Å²) in [5.74, 6) is 0.481. The lowest BCUT2D eigenvalue weighted by molar-refractivity contribution is 0.0517. The third kappa shape index (κ3) is 5.29. The van der Waals surface area contributed by atoms with Crippen molar-refractivity contribution in [3.8, 4) is 0 Å². The molecule has 1 aliphatic rings. The molecule has 1 heterocycles. The summed E-state index contributed by atoms with van der Waals surface area (Å²) in [6.45, 7) is 8.55. The van der Waals surface area contributed by atoms with Gasteiger partial charge in [-0.15, -0.1) is 11.3 Å². The number of nitrogens with one attached hydrogen (secondary N) is 2. The van der Waals surface area contributed by atoms with Crippen LogP contribution in [0, 0.1) is 5.92 Å². The van der Waals surface area contributed by atoms with Crippen molar-refractivity contribution >= 4 is 17.4 Å². The molecule has 1 fully saturated rings. The lowest BCUT2D eigenvalue weighted by Crippen LogP contribution is -2.41. The van der Waals surface area contributed by atoms with Crippen molar-refractivity contribution in [2.45, 2.75) is 64.6 Å². The van der Waals surface area contributed by atoms with E-state index < -0.39 is 5.60 Å². The smallest absolute Gasteiger partial charge is 0.407 e. The molecule has 0 aliphatic heterocycles. The van der Waals surface area contributed by atoms with Crippen LogP contribution in [0.2, 0.25) is 0 Å². The Labute approximate surface area is 137 Å². The summed E-state index contributed by atoms with van der Waals surface area (Å²) < 4.78 is 5.30. The summed E-state index contributed by atoms with van der Waals surface area (Å²) in [7, 11) is 0. The van der Waals surface area contributed by atoms with Gasteiger partial charge in [0.1, 0.15) is 5.60 Å². The Morgan fingerprint density at radius 3 is 2.86 bits per heavy atom. The van der Waals surface area contributed by atoms with Gasteiger partial charge in [-0.25, -0.2) is 4.79 Å². The fraction of sp³-hybridized carbons (Fsp3) is 0.706. The van der Waals surface area contributed by atoms with E-state index in [2.05, 4.69) is 35.1 Å². The molecule has 2 N–H and O–H groups in total. The Morgan fingerprint density at radius 1 is 1.45 bits per heavy atom. The van der Waals surface area contributed by atoms with Gasteiger partial charge in [-0.2, -0.15) is 0 Å². The number of amides is 1. The van der Waals surface area contributed by atoms with Crippen molar-refractivity contribution < 1.29 is 9.53 Å². The number of hydrogen-bond acceptors (Lipinski definition) is 4. The monoisotopic (exact) mass is 324 g/mol. The Hall–Kier alpha value is -1.07. The zero-order valence-corrected chi connectivity index (χ0v) is 14.8. The number of thiophene rings is 1. The fourth-order valence-corrected chi connectivity index (χ4v) is 3.71. The highest BCUT2D eigenvalue weighted by Gasteiger charge is 2.29. The summed E-state index contributed by atoms with van der Waals surface area (Å²) in [6, 6.07) is 5.10. The van der Waals surface area contributed by atoms with Crippen LogP contribution in [0.3, 0.4) is 0 Å². The number of hydrogen-bond donors (Lipinski definition) is 2. The Balaban J connectivity index is 1.79. The zero-order chi connectivity index (χ0) is 16.2. The molecule has 2 rings (SSSR count). The molecule has 1 aliphatic carbocycles. The SMILES string of the molecule is C[C@@H](NC1CCCC1CNC(=O)OC(C)(C)C)c1cccs1.